The molecular formula is C28H31FO5. The Morgan fingerprint density at radius 1 is 0.676 bits per heavy atom. The molecule has 5 nitrogen and oxygen atoms in total. The maximum absolute atomic E-state index is 15.5. The van der Waals surface area contributed by atoms with Gasteiger partial charge in [0.2, 0.25) is 0 Å². The van der Waals surface area contributed by atoms with Gasteiger partial charge < -0.3 is 23.7 Å². The minimum absolute atomic E-state index is 0.214. The van der Waals surface area contributed by atoms with Crippen molar-refractivity contribution in [3.8, 4) is 0 Å². The third-order valence-electron chi connectivity index (χ3n) is 5.77. The van der Waals surface area contributed by atoms with Gasteiger partial charge in [-0.3, -0.25) is 0 Å². The molecule has 180 valence electrons. The first kappa shape index (κ1) is 24.5. The topological polar surface area (TPSA) is 46.2 Å². The van der Waals surface area contributed by atoms with Crippen LogP contribution in [0.4, 0.5) is 4.39 Å². The molecule has 1 aliphatic rings. The van der Waals surface area contributed by atoms with Crippen LogP contribution in [-0.2, 0) is 43.5 Å². The van der Waals surface area contributed by atoms with Gasteiger partial charge in [-0.15, -0.1) is 0 Å². The summed E-state index contributed by atoms with van der Waals surface area (Å²) in [6.07, 6.45) is -4.71. The summed E-state index contributed by atoms with van der Waals surface area (Å²) in [6, 6.07) is 29.3. The van der Waals surface area contributed by atoms with Gasteiger partial charge in [0.05, 0.1) is 26.4 Å². The second-order valence-electron chi connectivity index (χ2n) is 8.25. The Morgan fingerprint density at radius 3 is 1.65 bits per heavy atom. The number of halogens is 1. The highest BCUT2D eigenvalue weighted by Gasteiger charge is 2.48. The zero-order valence-corrected chi connectivity index (χ0v) is 19.3. The smallest absolute Gasteiger partial charge is 0.191 e. The molecule has 1 aliphatic heterocycles. The summed E-state index contributed by atoms with van der Waals surface area (Å²) in [5.41, 5.74) is 2.98. The summed E-state index contributed by atoms with van der Waals surface area (Å²) in [5.74, 6) is 0. The third-order valence-corrected chi connectivity index (χ3v) is 5.77. The third kappa shape index (κ3) is 6.72. The minimum Gasteiger partial charge on any atom is -0.374 e. The lowest BCUT2D eigenvalue weighted by molar-refractivity contribution is -0.300. The van der Waals surface area contributed by atoms with Crippen molar-refractivity contribution in [3.05, 3.63) is 108 Å². The molecule has 0 unspecified atom stereocenters. The fourth-order valence-corrected chi connectivity index (χ4v) is 3.98. The molecule has 0 radical (unpaired) electrons. The highest BCUT2D eigenvalue weighted by atomic mass is 19.1. The van der Waals surface area contributed by atoms with Crippen LogP contribution in [0.3, 0.4) is 0 Å². The van der Waals surface area contributed by atoms with E-state index in [2.05, 4.69) is 0 Å². The molecule has 1 saturated heterocycles. The van der Waals surface area contributed by atoms with E-state index in [-0.39, 0.29) is 13.2 Å². The molecular weight excluding hydrogens is 435 g/mol. The van der Waals surface area contributed by atoms with Crippen LogP contribution >= 0.6 is 0 Å². The summed E-state index contributed by atoms with van der Waals surface area (Å²) in [4.78, 5) is 0. The number of ether oxygens (including phenoxy) is 5. The van der Waals surface area contributed by atoms with Crippen LogP contribution in [0, 0.1) is 0 Å². The summed E-state index contributed by atoms with van der Waals surface area (Å²) < 4.78 is 45.0. The predicted molar refractivity (Wildman–Crippen MR) is 127 cm³/mol. The molecule has 0 amide bonds. The van der Waals surface area contributed by atoms with E-state index in [1.807, 2.05) is 91.0 Å². The summed E-state index contributed by atoms with van der Waals surface area (Å²) in [7, 11) is 1.43. The standard InChI is InChI=1S/C28H31FO5/c1-30-28-25(29)27(33-19-23-15-9-4-10-16-23)26(32-18-22-13-7-3-8-14-22)24(34-28)20-31-17-21-11-5-2-6-12-21/h2-16,24-28H,17-20H2,1H3/t24-,25+,26-,27-,28+/m1/s1. The normalized spacial score (nSPS) is 24.7. The zero-order chi connectivity index (χ0) is 23.6. The van der Waals surface area contributed by atoms with E-state index in [4.69, 9.17) is 23.7 Å². The number of methoxy groups -OCH3 is 1. The average Bonchev–Trinajstić information content (AvgIpc) is 2.89. The van der Waals surface area contributed by atoms with Gasteiger partial charge in [0.15, 0.2) is 12.5 Å². The molecule has 3 aromatic carbocycles. The van der Waals surface area contributed by atoms with E-state index in [9.17, 15) is 0 Å². The van der Waals surface area contributed by atoms with E-state index in [1.54, 1.807) is 0 Å². The van der Waals surface area contributed by atoms with Crippen LogP contribution in [0.15, 0.2) is 91.0 Å². The van der Waals surface area contributed by atoms with Gasteiger partial charge in [0.25, 0.3) is 0 Å². The largest absolute Gasteiger partial charge is 0.374 e. The molecule has 3 aromatic rings. The number of hydrogen-bond acceptors (Lipinski definition) is 5. The molecule has 6 heteroatoms. The molecule has 4 rings (SSSR count). The van der Waals surface area contributed by atoms with E-state index >= 15 is 4.39 Å². The maximum Gasteiger partial charge on any atom is 0.191 e. The van der Waals surface area contributed by atoms with E-state index in [0.29, 0.717) is 13.2 Å². The van der Waals surface area contributed by atoms with Crippen LogP contribution in [0.2, 0.25) is 0 Å². The van der Waals surface area contributed by atoms with Crippen LogP contribution in [0.5, 0.6) is 0 Å². The van der Waals surface area contributed by atoms with Crippen molar-refractivity contribution >= 4 is 0 Å². The van der Waals surface area contributed by atoms with E-state index in [1.165, 1.54) is 7.11 Å². The second-order valence-corrected chi connectivity index (χ2v) is 8.25. The molecule has 0 saturated carbocycles. The van der Waals surface area contributed by atoms with E-state index in [0.717, 1.165) is 16.7 Å². The van der Waals surface area contributed by atoms with Crippen molar-refractivity contribution in [1.82, 2.24) is 0 Å². The quantitative estimate of drug-likeness (QED) is 0.394. The number of alkyl halides is 1. The van der Waals surface area contributed by atoms with Crippen LogP contribution in [0.1, 0.15) is 16.7 Å². The Kier molecular flexibility index (Phi) is 9.19. The Morgan fingerprint density at radius 2 is 1.15 bits per heavy atom. The van der Waals surface area contributed by atoms with Gasteiger partial charge in [0.1, 0.15) is 18.3 Å². The molecule has 5 atom stereocenters. The van der Waals surface area contributed by atoms with Crippen molar-refractivity contribution in [2.45, 2.75) is 50.6 Å². The van der Waals surface area contributed by atoms with Crippen LogP contribution in [-0.4, -0.2) is 44.5 Å². The summed E-state index contributed by atoms with van der Waals surface area (Å²) in [5, 5.41) is 0. The van der Waals surface area contributed by atoms with Crippen LogP contribution in [0.25, 0.3) is 0 Å². The van der Waals surface area contributed by atoms with Crippen molar-refractivity contribution in [1.29, 1.82) is 0 Å². The summed E-state index contributed by atoms with van der Waals surface area (Å²) in [6.45, 7) is 1.19. The molecule has 1 heterocycles. The molecule has 0 spiro atoms. The lowest BCUT2D eigenvalue weighted by Gasteiger charge is -2.42. The number of benzene rings is 3. The minimum atomic E-state index is -1.51. The Labute approximate surface area is 200 Å². The summed E-state index contributed by atoms with van der Waals surface area (Å²) >= 11 is 0. The number of rotatable bonds is 11. The lowest BCUT2D eigenvalue weighted by Crippen LogP contribution is -2.59. The first-order valence-corrected chi connectivity index (χ1v) is 11.5. The van der Waals surface area contributed by atoms with Gasteiger partial charge in [-0.1, -0.05) is 91.0 Å². The maximum atomic E-state index is 15.5. The fourth-order valence-electron chi connectivity index (χ4n) is 3.98. The monoisotopic (exact) mass is 466 g/mol. The van der Waals surface area contributed by atoms with Gasteiger partial charge >= 0.3 is 0 Å². The van der Waals surface area contributed by atoms with Crippen LogP contribution < -0.4 is 0 Å². The van der Waals surface area contributed by atoms with Crippen molar-refractivity contribution in [2.24, 2.45) is 0 Å². The highest BCUT2D eigenvalue weighted by Crippen LogP contribution is 2.30. The fraction of sp³-hybridized carbons (Fsp3) is 0.357. The second kappa shape index (κ2) is 12.7. The molecule has 0 N–H and O–H groups in total. The number of hydrogen-bond donors (Lipinski definition) is 0. The Bertz CT molecular complexity index is 956. The van der Waals surface area contributed by atoms with E-state index < -0.39 is 30.8 Å². The van der Waals surface area contributed by atoms with Gasteiger partial charge in [-0.2, -0.15) is 0 Å². The van der Waals surface area contributed by atoms with Crippen molar-refractivity contribution < 1.29 is 28.1 Å². The molecule has 0 aromatic heterocycles. The Balaban J connectivity index is 1.48. The molecule has 0 bridgehead atoms. The van der Waals surface area contributed by atoms with Gasteiger partial charge in [0, 0.05) is 7.11 Å². The Hall–Kier alpha value is -2.61. The first-order chi connectivity index (χ1) is 16.7. The first-order valence-electron chi connectivity index (χ1n) is 11.5. The van der Waals surface area contributed by atoms with Gasteiger partial charge in [-0.25, -0.2) is 4.39 Å². The molecule has 0 aliphatic carbocycles. The lowest BCUT2D eigenvalue weighted by atomic mass is 9.99. The zero-order valence-electron chi connectivity index (χ0n) is 19.3. The SMILES string of the molecule is CO[C@H]1O[C@H](COCc2ccccc2)[C@@H](OCc2ccccc2)[C@H](OCc2ccccc2)[C@@H]1F. The highest BCUT2D eigenvalue weighted by molar-refractivity contribution is 5.15. The molecule has 34 heavy (non-hydrogen) atoms. The predicted octanol–water partition coefficient (Wildman–Crippen LogP) is 5.08. The molecule has 1 fully saturated rings. The van der Waals surface area contributed by atoms with Crippen molar-refractivity contribution in [2.75, 3.05) is 13.7 Å². The van der Waals surface area contributed by atoms with Crippen molar-refractivity contribution in [3.63, 3.8) is 0 Å². The van der Waals surface area contributed by atoms with Gasteiger partial charge in [-0.05, 0) is 16.7 Å². The average molecular weight is 467 g/mol.